The first-order chi connectivity index (χ1) is 15.7. The summed E-state index contributed by atoms with van der Waals surface area (Å²) in [4.78, 5) is 14.7. The van der Waals surface area contributed by atoms with Crippen LogP contribution in [0.25, 0.3) is 6.08 Å². The second-order valence-corrected chi connectivity index (χ2v) is 8.48. The van der Waals surface area contributed by atoms with E-state index in [4.69, 9.17) is 19.3 Å². The maximum Gasteiger partial charge on any atom is 0.328 e. The van der Waals surface area contributed by atoms with Crippen LogP contribution < -0.4 is 18.9 Å². The predicted octanol–water partition coefficient (Wildman–Crippen LogP) is 4.10. The summed E-state index contributed by atoms with van der Waals surface area (Å²) in [6.07, 6.45) is 3.51. The van der Waals surface area contributed by atoms with Crippen LogP contribution in [-0.2, 0) is 14.8 Å². The van der Waals surface area contributed by atoms with E-state index in [0.29, 0.717) is 17.1 Å². The summed E-state index contributed by atoms with van der Waals surface area (Å²) in [6.45, 7) is 1.93. The molecule has 2 aromatic carbocycles. The van der Waals surface area contributed by atoms with E-state index >= 15 is 0 Å². The van der Waals surface area contributed by atoms with Crippen LogP contribution in [0.15, 0.2) is 65.7 Å². The minimum absolute atomic E-state index is 0.106. The minimum Gasteiger partial charge on any atom is -0.495 e. The van der Waals surface area contributed by atoms with Crippen molar-refractivity contribution in [3.63, 3.8) is 0 Å². The third-order valence-electron chi connectivity index (χ3n) is 4.42. The van der Waals surface area contributed by atoms with Crippen LogP contribution in [0, 0.1) is 6.92 Å². The van der Waals surface area contributed by atoms with Crippen molar-refractivity contribution < 1.29 is 32.5 Å². The molecule has 172 valence electrons. The van der Waals surface area contributed by atoms with Gasteiger partial charge in [0.1, 0.15) is 10.6 Å². The number of anilines is 1. The Morgan fingerprint density at radius 1 is 1.00 bits per heavy atom. The highest BCUT2D eigenvalue weighted by molar-refractivity contribution is 7.92. The van der Waals surface area contributed by atoms with Crippen LogP contribution in [0.1, 0.15) is 11.1 Å². The molecule has 0 atom stereocenters. The number of aromatic nitrogens is 1. The number of methoxy groups -OCH3 is 2. The smallest absolute Gasteiger partial charge is 0.328 e. The van der Waals surface area contributed by atoms with Gasteiger partial charge >= 0.3 is 5.97 Å². The SMILES string of the molecule is COc1cc(C)ccc1Oc1ccc(NS(=O)(=O)c2cc(/C=C/C(=O)O)ccc2OC)cn1. The molecule has 0 aliphatic carbocycles. The first-order valence-corrected chi connectivity index (χ1v) is 11.1. The lowest BCUT2D eigenvalue weighted by atomic mass is 10.2. The zero-order chi connectivity index (χ0) is 24.0. The molecular formula is C23H22N2O7S. The summed E-state index contributed by atoms with van der Waals surface area (Å²) in [5, 5.41) is 8.79. The summed E-state index contributed by atoms with van der Waals surface area (Å²) in [5.74, 6) is 0.225. The number of nitrogens with zero attached hydrogens (tertiary/aromatic N) is 1. The maximum atomic E-state index is 13.0. The zero-order valence-corrected chi connectivity index (χ0v) is 18.9. The van der Waals surface area contributed by atoms with Crippen molar-refractivity contribution in [2.45, 2.75) is 11.8 Å². The molecule has 0 saturated heterocycles. The Kier molecular flexibility index (Phi) is 7.19. The first-order valence-electron chi connectivity index (χ1n) is 9.62. The van der Waals surface area contributed by atoms with E-state index in [0.717, 1.165) is 11.6 Å². The van der Waals surface area contributed by atoms with E-state index in [2.05, 4.69) is 9.71 Å². The number of nitrogens with one attached hydrogen (secondary N) is 1. The van der Waals surface area contributed by atoms with Gasteiger partial charge < -0.3 is 19.3 Å². The highest BCUT2D eigenvalue weighted by atomic mass is 32.2. The van der Waals surface area contributed by atoms with E-state index in [1.54, 1.807) is 12.1 Å². The Morgan fingerprint density at radius 2 is 1.73 bits per heavy atom. The largest absolute Gasteiger partial charge is 0.495 e. The van der Waals surface area contributed by atoms with Crippen LogP contribution in [0.2, 0.25) is 0 Å². The van der Waals surface area contributed by atoms with E-state index in [-0.39, 0.29) is 22.2 Å². The van der Waals surface area contributed by atoms with Crippen LogP contribution >= 0.6 is 0 Å². The molecule has 0 amide bonds. The van der Waals surface area contributed by atoms with Crippen LogP contribution in [0.4, 0.5) is 5.69 Å². The molecular weight excluding hydrogens is 448 g/mol. The fourth-order valence-electron chi connectivity index (χ4n) is 2.86. The lowest BCUT2D eigenvalue weighted by Gasteiger charge is -2.13. The third kappa shape index (κ3) is 6.01. The monoisotopic (exact) mass is 470 g/mol. The Hall–Kier alpha value is -4.05. The molecule has 1 aromatic heterocycles. The summed E-state index contributed by atoms with van der Waals surface area (Å²) < 4.78 is 44.5. The van der Waals surface area contributed by atoms with Crippen molar-refractivity contribution >= 4 is 27.8 Å². The fraction of sp³-hybridized carbons (Fsp3) is 0.130. The first kappa shape index (κ1) is 23.6. The molecule has 1 heterocycles. The van der Waals surface area contributed by atoms with Crippen molar-refractivity contribution in [1.82, 2.24) is 4.98 Å². The number of carboxylic acid groups (broad SMARTS) is 1. The standard InChI is InChI=1S/C23H22N2O7S/c1-15-4-8-18(20(12-15)31-3)32-22-10-7-17(14-24-22)25-33(28,29)21-13-16(6-11-23(26)27)5-9-19(21)30-2/h4-14,25H,1-3H3,(H,26,27)/b11-6+. The van der Waals surface area contributed by atoms with Crippen molar-refractivity contribution in [3.05, 3.63) is 71.9 Å². The van der Waals surface area contributed by atoms with Gasteiger partial charge in [-0.1, -0.05) is 12.1 Å². The number of pyridine rings is 1. The Labute approximate surface area is 191 Å². The lowest BCUT2D eigenvalue weighted by Crippen LogP contribution is -2.14. The van der Waals surface area contributed by atoms with Gasteiger partial charge in [-0.05, 0) is 54.5 Å². The number of hydrogen-bond donors (Lipinski definition) is 2. The van der Waals surface area contributed by atoms with Gasteiger partial charge in [0.2, 0.25) is 5.88 Å². The molecule has 0 radical (unpaired) electrons. The van der Waals surface area contributed by atoms with Gasteiger partial charge in [-0.25, -0.2) is 18.2 Å². The molecule has 0 spiro atoms. The Bertz CT molecular complexity index is 1290. The molecule has 3 aromatic rings. The summed E-state index contributed by atoms with van der Waals surface area (Å²) in [5.41, 5.74) is 1.59. The van der Waals surface area contributed by atoms with Crippen molar-refractivity contribution in [2.75, 3.05) is 18.9 Å². The second-order valence-electron chi connectivity index (χ2n) is 6.83. The molecule has 0 aliphatic rings. The number of aryl methyl sites for hydroxylation is 1. The Morgan fingerprint density at radius 3 is 2.36 bits per heavy atom. The number of ether oxygens (including phenoxy) is 3. The third-order valence-corrected chi connectivity index (χ3v) is 5.82. The second kappa shape index (κ2) is 10.0. The van der Waals surface area contributed by atoms with E-state index in [1.807, 2.05) is 19.1 Å². The average Bonchev–Trinajstić information content (AvgIpc) is 2.79. The highest BCUT2D eigenvalue weighted by Crippen LogP contribution is 2.32. The van der Waals surface area contributed by atoms with E-state index in [9.17, 15) is 13.2 Å². The van der Waals surface area contributed by atoms with Gasteiger partial charge in [-0.2, -0.15) is 0 Å². The molecule has 9 nitrogen and oxygen atoms in total. The van der Waals surface area contributed by atoms with Crippen molar-refractivity contribution in [1.29, 1.82) is 0 Å². The molecule has 2 N–H and O–H groups in total. The van der Waals surface area contributed by atoms with Gasteiger partial charge in [0.05, 0.1) is 26.1 Å². The number of benzene rings is 2. The van der Waals surface area contributed by atoms with E-state index in [1.165, 1.54) is 50.8 Å². The van der Waals surface area contributed by atoms with Gasteiger partial charge in [-0.15, -0.1) is 0 Å². The lowest BCUT2D eigenvalue weighted by molar-refractivity contribution is -0.131. The summed E-state index contributed by atoms with van der Waals surface area (Å²) in [7, 11) is -1.18. The molecule has 0 unspecified atom stereocenters. The minimum atomic E-state index is -4.06. The van der Waals surface area contributed by atoms with Crippen LogP contribution in [-0.4, -0.2) is 38.7 Å². The molecule has 0 saturated carbocycles. The van der Waals surface area contributed by atoms with Gasteiger partial charge in [0.15, 0.2) is 11.5 Å². The number of carbonyl (C=O) groups is 1. The molecule has 10 heteroatoms. The van der Waals surface area contributed by atoms with E-state index < -0.39 is 16.0 Å². The average molecular weight is 471 g/mol. The number of aliphatic carboxylic acids is 1. The van der Waals surface area contributed by atoms with Gasteiger partial charge in [0.25, 0.3) is 10.0 Å². The number of rotatable bonds is 9. The molecule has 0 fully saturated rings. The Balaban J connectivity index is 1.82. The molecule has 0 aliphatic heterocycles. The molecule has 0 bridgehead atoms. The normalized spacial score (nSPS) is 11.2. The van der Waals surface area contributed by atoms with Gasteiger partial charge in [-0.3, -0.25) is 4.72 Å². The predicted molar refractivity (Wildman–Crippen MR) is 123 cm³/mol. The van der Waals surface area contributed by atoms with Crippen LogP contribution in [0.5, 0.6) is 23.1 Å². The van der Waals surface area contributed by atoms with Gasteiger partial charge in [0, 0.05) is 12.1 Å². The number of hydrogen-bond acceptors (Lipinski definition) is 7. The highest BCUT2D eigenvalue weighted by Gasteiger charge is 2.20. The fourth-order valence-corrected chi connectivity index (χ4v) is 4.11. The quantitative estimate of drug-likeness (QED) is 0.448. The van der Waals surface area contributed by atoms with Crippen molar-refractivity contribution in [3.8, 4) is 23.1 Å². The van der Waals surface area contributed by atoms with Crippen molar-refractivity contribution in [2.24, 2.45) is 0 Å². The topological polar surface area (TPSA) is 124 Å². The summed E-state index contributed by atoms with van der Waals surface area (Å²) >= 11 is 0. The zero-order valence-electron chi connectivity index (χ0n) is 18.1. The van der Waals surface area contributed by atoms with Crippen LogP contribution in [0.3, 0.4) is 0 Å². The molecule has 33 heavy (non-hydrogen) atoms. The summed E-state index contributed by atoms with van der Waals surface area (Å²) in [6, 6.07) is 12.8. The maximum absolute atomic E-state index is 13.0. The number of sulfonamides is 1. The number of carboxylic acids is 1. The molecule has 3 rings (SSSR count).